The van der Waals surface area contributed by atoms with Crippen molar-refractivity contribution in [1.29, 1.82) is 0 Å². The van der Waals surface area contributed by atoms with Crippen molar-refractivity contribution in [2.45, 2.75) is 38.5 Å². The van der Waals surface area contributed by atoms with Crippen molar-refractivity contribution in [2.24, 2.45) is 17.8 Å². The van der Waals surface area contributed by atoms with E-state index in [4.69, 9.17) is 4.74 Å². The van der Waals surface area contributed by atoms with E-state index >= 15 is 0 Å². The Labute approximate surface area is 227 Å². The van der Waals surface area contributed by atoms with E-state index in [0.717, 1.165) is 43.4 Å². The van der Waals surface area contributed by atoms with Crippen LogP contribution in [0.3, 0.4) is 0 Å². The summed E-state index contributed by atoms with van der Waals surface area (Å²) >= 11 is 1.14. The number of nitrogens with one attached hydrogen (secondary N) is 1. The largest absolute Gasteiger partial charge is 0.494 e. The molecule has 3 aliphatic rings. The highest BCUT2D eigenvalue weighted by molar-refractivity contribution is 7.15. The average molecular weight is 551 g/mol. The van der Waals surface area contributed by atoms with Gasteiger partial charge in [-0.2, -0.15) is 0 Å². The summed E-state index contributed by atoms with van der Waals surface area (Å²) in [5.74, 6) is 6.82. The molecule has 3 aromatic rings. The molecule has 2 atom stereocenters. The smallest absolute Gasteiger partial charge is 0.280 e. The van der Waals surface area contributed by atoms with E-state index in [9.17, 15) is 18.4 Å². The Morgan fingerprint density at radius 2 is 1.97 bits per heavy atom. The molecule has 9 nitrogen and oxygen atoms in total. The predicted octanol–water partition coefficient (Wildman–Crippen LogP) is 4.72. The Balaban J connectivity index is 1.37. The van der Waals surface area contributed by atoms with E-state index in [-0.39, 0.29) is 39.4 Å². The van der Waals surface area contributed by atoms with E-state index in [0.29, 0.717) is 29.2 Å². The summed E-state index contributed by atoms with van der Waals surface area (Å²) in [7, 11) is 1.39. The summed E-state index contributed by atoms with van der Waals surface area (Å²) in [5.41, 5.74) is 0.136. The number of halogens is 2. The monoisotopic (exact) mass is 550 g/mol. The standard InChI is InChI=1S/C27H24F2N6O3S/c1-38-21-13-30-20(24(28)29)10-18(21)17-11-22(35-9-8-15-5-6-16(15)26(35)37)31-12-19(17)25(36)32-27-34-33-23(39-27)7-4-14-2-3-14/h10-16,24H,2-3,5-6,8-9H2,1H3,(H,32,34,36). The number of rotatable bonds is 6. The number of alkyl halides is 2. The Bertz CT molecular complexity index is 1510. The van der Waals surface area contributed by atoms with Gasteiger partial charge in [0.2, 0.25) is 11.0 Å². The van der Waals surface area contributed by atoms with Gasteiger partial charge in [-0.25, -0.2) is 13.8 Å². The van der Waals surface area contributed by atoms with Crippen LogP contribution in [0.15, 0.2) is 24.5 Å². The number of fused-ring (bicyclic) bond motifs is 1. The Hall–Kier alpha value is -3.98. The van der Waals surface area contributed by atoms with Crippen LogP contribution in [0.1, 0.15) is 59.6 Å². The molecule has 3 fully saturated rings. The lowest BCUT2D eigenvalue weighted by Gasteiger charge is -2.43. The highest BCUT2D eigenvalue weighted by Gasteiger charge is 2.43. The molecule has 1 aliphatic heterocycles. The number of nitrogens with zero attached hydrogens (tertiary/aromatic N) is 5. The average Bonchev–Trinajstić information content (AvgIpc) is 3.65. The first-order valence-corrected chi connectivity index (χ1v) is 13.5. The lowest BCUT2D eigenvalue weighted by molar-refractivity contribution is -0.129. The van der Waals surface area contributed by atoms with Crippen LogP contribution in [0.4, 0.5) is 19.7 Å². The number of anilines is 2. The number of piperidine rings is 1. The number of pyridine rings is 2. The maximum Gasteiger partial charge on any atom is 0.280 e. The minimum Gasteiger partial charge on any atom is -0.494 e. The van der Waals surface area contributed by atoms with E-state index in [2.05, 4.69) is 37.3 Å². The van der Waals surface area contributed by atoms with Gasteiger partial charge in [0.05, 0.1) is 18.9 Å². The number of amides is 2. The van der Waals surface area contributed by atoms with Gasteiger partial charge in [0.15, 0.2) is 5.01 Å². The molecule has 0 aromatic carbocycles. The lowest BCUT2D eigenvalue weighted by atomic mass is 9.69. The molecule has 0 radical (unpaired) electrons. The Kier molecular flexibility index (Phi) is 6.68. The molecule has 1 saturated heterocycles. The highest BCUT2D eigenvalue weighted by Crippen LogP contribution is 2.43. The van der Waals surface area contributed by atoms with Gasteiger partial charge in [0, 0.05) is 35.7 Å². The van der Waals surface area contributed by atoms with E-state index in [1.165, 1.54) is 25.6 Å². The lowest BCUT2D eigenvalue weighted by Crippen LogP contribution is -2.50. The normalized spacial score (nSPS) is 20.1. The minimum atomic E-state index is -2.83. The van der Waals surface area contributed by atoms with E-state index in [1.807, 2.05) is 0 Å². The van der Waals surface area contributed by atoms with Gasteiger partial charge in [-0.1, -0.05) is 17.3 Å². The van der Waals surface area contributed by atoms with Gasteiger partial charge in [-0.3, -0.25) is 24.8 Å². The van der Waals surface area contributed by atoms with Crippen LogP contribution in [0.2, 0.25) is 0 Å². The van der Waals surface area contributed by atoms with Crippen LogP contribution in [0.5, 0.6) is 5.75 Å². The molecular weight excluding hydrogens is 526 g/mol. The van der Waals surface area contributed by atoms with Crippen LogP contribution in [-0.4, -0.2) is 45.6 Å². The predicted molar refractivity (Wildman–Crippen MR) is 140 cm³/mol. The first kappa shape index (κ1) is 25.3. The van der Waals surface area contributed by atoms with E-state index < -0.39 is 18.0 Å². The van der Waals surface area contributed by atoms with Crippen molar-refractivity contribution >= 4 is 34.1 Å². The summed E-state index contributed by atoms with van der Waals surface area (Å²) in [6.07, 6.45) is 4.63. The number of hydrogen-bond donors (Lipinski definition) is 1. The van der Waals surface area contributed by atoms with Crippen LogP contribution >= 0.6 is 11.3 Å². The van der Waals surface area contributed by atoms with Crippen molar-refractivity contribution in [2.75, 3.05) is 23.9 Å². The fraction of sp³-hybridized carbons (Fsp3) is 0.407. The third-order valence-electron chi connectivity index (χ3n) is 7.36. The molecule has 2 amide bonds. The van der Waals surface area contributed by atoms with Crippen molar-refractivity contribution in [1.82, 2.24) is 20.2 Å². The summed E-state index contributed by atoms with van der Waals surface area (Å²) in [4.78, 5) is 36.4. The molecule has 2 unspecified atom stereocenters. The third-order valence-corrected chi connectivity index (χ3v) is 8.12. The van der Waals surface area contributed by atoms with Crippen molar-refractivity contribution in [3.63, 3.8) is 0 Å². The SMILES string of the molecule is COc1cnc(C(F)F)cc1-c1cc(N2CCC3CCC3C2=O)ncc1C(=O)Nc1nnc(C#CC2CC2)s1. The topological polar surface area (TPSA) is 110 Å². The summed E-state index contributed by atoms with van der Waals surface area (Å²) in [6.45, 7) is 0.503. The summed E-state index contributed by atoms with van der Waals surface area (Å²) in [5, 5.41) is 11.5. The second kappa shape index (κ2) is 10.3. The van der Waals surface area contributed by atoms with Gasteiger partial charge < -0.3 is 4.74 Å². The zero-order valence-corrected chi connectivity index (χ0v) is 21.8. The first-order chi connectivity index (χ1) is 18.9. The highest BCUT2D eigenvalue weighted by atomic mass is 32.1. The Morgan fingerprint density at radius 3 is 2.69 bits per heavy atom. The fourth-order valence-corrected chi connectivity index (χ4v) is 5.50. The van der Waals surface area contributed by atoms with Crippen molar-refractivity contribution in [3.05, 3.63) is 40.8 Å². The summed E-state index contributed by atoms with van der Waals surface area (Å²) < 4.78 is 32.6. The maximum atomic E-state index is 13.6. The molecule has 4 heterocycles. The number of carbonyl (C=O) groups is 2. The molecule has 0 bridgehead atoms. The molecule has 0 spiro atoms. The maximum absolute atomic E-state index is 13.6. The van der Waals surface area contributed by atoms with Gasteiger partial charge >= 0.3 is 0 Å². The van der Waals surface area contributed by atoms with Crippen molar-refractivity contribution < 1.29 is 23.1 Å². The minimum absolute atomic E-state index is 0.00295. The second-order valence-electron chi connectivity index (χ2n) is 9.83. The number of aromatic nitrogens is 4. The van der Waals surface area contributed by atoms with Crippen LogP contribution in [0.25, 0.3) is 11.1 Å². The second-order valence-corrected chi connectivity index (χ2v) is 10.8. The Morgan fingerprint density at radius 1 is 1.13 bits per heavy atom. The number of methoxy groups -OCH3 is 1. The van der Waals surface area contributed by atoms with Crippen LogP contribution in [-0.2, 0) is 4.79 Å². The first-order valence-electron chi connectivity index (χ1n) is 12.7. The van der Waals surface area contributed by atoms with Gasteiger partial charge in [-0.05, 0) is 56.1 Å². The molecule has 6 rings (SSSR count). The van der Waals surface area contributed by atoms with Gasteiger partial charge in [0.1, 0.15) is 17.3 Å². The molecular formula is C27H24F2N6O3S. The van der Waals surface area contributed by atoms with Crippen LogP contribution < -0.4 is 15.0 Å². The molecule has 12 heteroatoms. The number of ether oxygens (including phenoxy) is 1. The summed E-state index contributed by atoms with van der Waals surface area (Å²) in [6, 6.07) is 2.77. The molecule has 2 saturated carbocycles. The molecule has 3 aromatic heterocycles. The van der Waals surface area contributed by atoms with E-state index in [1.54, 1.807) is 11.0 Å². The fourth-order valence-electron chi connectivity index (χ4n) is 4.90. The van der Waals surface area contributed by atoms with Gasteiger partial charge in [-0.15, -0.1) is 10.2 Å². The van der Waals surface area contributed by atoms with Crippen LogP contribution in [0, 0.1) is 29.6 Å². The zero-order valence-electron chi connectivity index (χ0n) is 21.0. The van der Waals surface area contributed by atoms with Crippen molar-refractivity contribution in [3.8, 4) is 28.7 Å². The quantitative estimate of drug-likeness (QED) is 0.443. The molecule has 1 N–H and O–H groups in total. The molecule has 200 valence electrons. The third kappa shape index (κ3) is 5.06. The molecule has 2 aliphatic carbocycles. The number of hydrogen-bond acceptors (Lipinski definition) is 8. The molecule has 39 heavy (non-hydrogen) atoms. The number of carbonyl (C=O) groups excluding carboxylic acids is 2. The van der Waals surface area contributed by atoms with Gasteiger partial charge in [0.25, 0.3) is 12.3 Å². The zero-order chi connectivity index (χ0) is 27.1.